The summed E-state index contributed by atoms with van der Waals surface area (Å²) in [6.07, 6.45) is 10.2. The topological polar surface area (TPSA) is 53.5 Å². The Balaban J connectivity index is 0.907. The highest BCUT2D eigenvalue weighted by molar-refractivity contribution is 8.11. The zero-order chi connectivity index (χ0) is 35.4. The third kappa shape index (κ3) is 7.43. The predicted molar refractivity (Wildman–Crippen MR) is 215 cm³/mol. The Bertz CT molecular complexity index is 2100. The van der Waals surface area contributed by atoms with Crippen molar-refractivity contribution in [1.82, 2.24) is 14.8 Å². The van der Waals surface area contributed by atoms with Crippen LogP contribution in [0, 0.1) is 0 Å². The number of aromatic nitrogens is 1. The van der Waals surface area contributed by atoms with Crippen LogP contribution in [0.2, 0.25) is 0 Å². The van der Waals surface area contributed by atoms with E-state index >= 15 is 0 Å². The number of thiazole rings is 1. The number of hydrogen-bond acceptors (Lipinski definition) is 5. The number of allylic oxidation sites excluding steroid dienone is 2. The van der Waals surface area contributed by atoms with Gasteiger partial charge < -0.3 is 9.80 Å². The lowest BCUT2D eigenvalue weighted by molar-refractivity contribution is -0.131. The van der Waals surface area contributed by atoms with E-state index in [2.05, 4.69) is 66.4 Å². The van der Waals surface area contributed by atoms with Crippen LogP contribution in [0.4, 0.5) is 0 Å². The molecule has 0 aliphatic carbocycles. The zero-order valence-electron chi connectivity index (χ0n) is 29.5. The lowest BCUT2D eigenvalue weighted by Gasteiger charge is -2.30. The van der Waals surface area contributed by atoms with Crippen LogP contribution in [0.25, 0.3) is 26.5 Å². The van der Waals surface area contributed by atoms with E-state index in [1.807, 2.05) is 83.5 Å². The van der Waals surface area contributed by atoms with E-state index in [0.29, 0.717) is 12.8 Å². The fraction of sp³-hybridized carbons (Fsp3) is 0.267. The molecule has 262 valence electrons. The van der Waals surface area contributed by atoms with Gasteiger partial charge in [-0.1, -0.05) is 133 Å². The van der Waals surface area contributed by atoms with Gasteiger partial charge in [0.2, 0.25) is 11.8 Å². The quantitative estimate of drug-likeness (QED) is 0.152. The fourth-order valence-corrected chi connectivity index (χ4v) is 10.1. The maximum absolute atomic E-state index is 13.4. The van der Waals surface area contributed by atoms with E-state index in [4.69, 9.17) is 4.98 Å². The number of likely N-dealkylation sites (tertiary alicyclic amines) is 2. The molecule has 8 rings (SSSR count). The van der Waals surface area contributed by atoms with Gasteiger partial charge in [-0.15, -0.1) is 11.3 Å². The number of rotatable bonds is 9. The molecular weight excluding hydrogens is 679 g/mol. The number of thioether (sulfide) groups is 1. The number of benzene rings is 4. The van der Waals surface area contributed by atoms with Crippen molar-refractivity contribution in [2.75, 3.05) is 13.1 Å². The standard InChI is InChI=1S/C45H43N3O2S2/c1-31-16-25-40(51-44(31)38-14-8-26-47(38)42(49)28-32-10-4-2-5-11-32)36-21-17-34(18-22-36)35-19-23-37(24-20-35)41-30-46-45(52-41)39-15-9-27-48(39)43(50)29-33-12-6-3-7-13-33/h2-7,10-13,17-25,30,38-39H,8-9,14-16,26-29H2,1H3/t38-,39-/m0/s1. The van der Waals surface area contributed by atoms with Gasteiger partial charge in [-0.25, -0.2) is 4.98 Å². The van der Waals surface area contributed by atoms with Crippen LogP contribution in [-0.2, 0) is 22.4 Å². The molecule has 0 saturated carbocycles. The average Bonchev–Trinajstić information content (AvgIpc) is 3.98. The second kappa shape index (κ2) is 15.5. The van der Waals surface area contributed by atoms with Crippen molar-refractivity contribution in [3.63, 3.8) is 0 Å². The molecule has 1 aromatic heterocycles. The van der Waals surface area contributed by atoms with Gasteiger partial charge in [0, 0.05) is 29.1 Å². The van der Waals surface area contributed by atoms with Gasteiger partial charge in [-0.3, -0.25) is 9.59 Å². The molecule has 3 aliphatic heterocycles. The van der Waals surface area contributed by atoms with E-state index < -0.39 is 0 Å². The molecular formula is C45H43N3O2S2. The van der Waals surface area contributed by atoms with Gasteiger partial charge in [-0.2, -0.15) is 0 Å². The molecule has 0 unspecified atom stereocenters. The van der Waals surface area contributed by atoms with Crippen LogP contribution in [0.5, 0.6) is 0 Å². The zero-order valence-corrected chi connectivity index (χ0v) is 31.2. The summed E-state index contributed by atoms with van der Waals surface area (Å²) in [6.45, 7) is 3.85. The molecule has 5 nitrogen and oxygen atoms in total. The summed E-state index contributed by atoms with van der Waals surface area (Å²) in [5.74, 6) is 0.404. The van der Waals surface area contributed by atoms with Gasteiger partial charge in [0.15, 0.2) is 0 Å². The first-order valence-corrected chi connectivity index (χ1v) is 20.0. The number of nitrogens with zero attached hydrogens (tertiary/aromatic N) is 3. The highest BCUT2D eigenvalue weighted by Crippen LogP contribution is 2.46. The van der Waals surface area contributed by atoms with E-state index in [9.17, 15) is 9.59 Å². The second-order valence-electron chi connectivity index (χ2n) is 14.1. The minimum absolute atomic E-state index is 0.0555. The summed E-state index contributed by atoms with van der Waals surface area (Å²) >= 11 is 3.55. The molecule has 0 spiro atoms. The van der Waals surface area contributed by atoms with Gasteiger partial charge in [0.1, 0.15) is 5.01 Å². The normalized spacial score (nSPS) is 18.9. The maximum Gasteiger partial charge on any atom is 0.227 e. The van der Waals surface area contributed by atoms with Crippen molar-refractivity contribution in [2.45, 2.75) is 64.0 Å². The SMILES string of the molecule is CC1=C([C@@H]2CCCN2C(=O)Cc2ccccc2)SC(c2ccc(-c3ccc(-c4cnc([C@@H]5CCCN5C(=O)Cc5ccccc5)s4)cc3)cc2)=CC1. The first-order chi connectivity index (χ1) is 25.5. The highest BCUT2D eigenvalue weighted by Gasteiger charge is 2.34. The van der Waals surface area contributed by atoms with Crippen LogP contribution in [0.3, 0.4) is 0 Å². The number of carbonyl (C=O) groups is 2. The molecule has 4 aromatic carbocycles. The molecule has 7 heteroatoms. The molecule has 2 saturated heterocycles. The van der Waals surface area contributed by atoms with Crippen LogP contribution in [0.1, 0.15) is 66.8 Å². The Morgan fingerprint density at radius 1 is 0.673 bits per heavy atom. The number of amides is 2. The van der Waals surface area contributed by atoms with E-state index in [1.165, 1.54) is 32.1 Å². The lowest BCUT2D eigenvalue weighted by atomic mass is 10.0. The summed E-state index contributed by atoms with van der Waals surface area (Å²) in [5, 5.41) is 1.02. The van der Waals surface area contributed by atoms with Crippen molar-refractivity contribution in [3.05, 3.63) is 154 Å². The van der Waals surface area contributed by atoms with Crippen LogP contribution >= 0.6 is 23.1 Å². The third-order valence-corrected chi connectivity index (χ3v) is 13.2. The third-order valence-electron chi connectivity index (χ3n) is 10.6. The van der Waals surface area contributed by atoms with E-state index in [-0.39, 0.29) is 23.9 Å². The summed E-state index contributed by atoms with van der Waals surface area (Å²) in [5.41, 5.74) is 8.23. The van der Waals surface area contributed by atoms with Crippen molar-refractivity contribution in [2.24, 2.45) is 0 Å². The minimum atomic E-state index is 0.0555. The Kier molecular flexibility index (Phi) is 10.2. The van der Waals surface area contributed by atoms with Crippen LogP contribution in [0.15, 0.2) is 132 Å². The molecule has 3 aliphatic rings. The Hall–Kier alpha value is -4.72. The minimum Gasteiger partial charge on any atom is -0.335 e. The second-order valence-corrected chi connectivity index (χ2v) is 16.2. The van der Waals surface area contributed by atoms with Crippen molar-refractivity contribution in [3.8, 4) is 21.6 Å². The molecule has 2 atom stereocenters. The van der Waals surface area contributed by atoms with Crippen molar-refractivity contribution in [1.29, 1.82) is 0 Å². The number of carbonyl (C=O) groups excluding carboxylic acids is 2. The molecule has 0 bridgehead atoms. The first-order valence-electron chi connectivity index (χ1n) is 18.4. The summed E-state index contributed by atoms with van der Waals surface area (Å²) in [7, 11) is 0. The molecule has 52 heavy (non-hydrogen) atoms. The van der Waals surface area contributed by atoms with Gasteiger partial charge in [0.25, 0.3) is 0 Å². The molecule has 4 heterocycles. The Morgan fingerprint density at radius 3 is 1.79 bits per heavy atom. The van der Waals surface area contributed by atoms with Crippen LogP contribution in [-0.4, -0.2) is 45.7 Å². The molecule has 0 radical (unpaired) electrons. The fourth-order valence-electron chi connectivity index (χ4n) is 7.76. The highest BCUT2D eigenvalue weighted by atomic mass is 32.2. The smallest absolute Gasteiger partial charge is 0.227 e. The first kappa shape index (κ1) is 34.4. The van der Waals surface area contributed by atoms with Crippen LogP contribution < -0.4 is 0 Å². The molecule has 2 amide bonds. The van der Waals surface area contributed by atoms with Gasteiger partial charge >= 0.3 is 0 Å². The van der Waals surface area contributed by atoms with Crippen molar-refractivity contribution >= 4 is 39.8 Å². The summed E-state index contributed by atoms with van der Waals surface area (Å²) in [4.78, 5) is 39.3. The molecule has 2 fully saturated rings. The largest absolute Gasteiger partial charge is 0.335 e. The Labute approximate surface area is 315 Å². The molecule has 5 aromatic rings. The van der Waals surface area contributed by atoms with Gasteiger partial charge in [0.05, 0.1) is 29.8 Å². The van der Waals surface area contributed by atoms with Gasteiger partial charge in [-0.05, 0) is 72.4 Å². The summed E-state index contributed by atoms with van der Waals surface area (Å²) in [6, 6.07) is 38.0. The van der Waals surface area contributed by atoms with E-state index in [1.54, 1.807) is 11.3 Å². The lowest BCUT2D eigenvalue weighted by Crippen LogP contribution is -2.37. The maximum atomic E-state index is 13.4. The monoisotopic (exact) mass is 721 g/mol. The molecule has 0 N–H and O–H groups in total. The van der Waals surface area contributed by atoms with Crippen molar-refractivity contribution < 1.29 is 9.59 Å². The predicted octanol–water partition coefficient (Wildman–Crippen LogP) is 10.4. The summed E-state index contributed by atoms with van der Waals surface area (Å²) < 4.78 is 0. The Morgan fingerprint density at radius 2 is 1.19 bits per heavy atom. The van der Waals surface area contributed by atoms with E-state index in [0.717, 1.165) is 71.8 Å². The number of hydrogen-bond donors (Lipinski definition) is 0. The average molecular weight is 722 g/mol.